The molecule has 0 spiro atoms. The Balaban J connectivity index is 1.87. The number of nitrogens with zero attached hydrogens (tertiary/aromatic N) is 4. The van der Waals surface area contributed by atoms with E-state index in [4.69, 9.17) is 4.74 Å². The second-order valence-corrected chi connectivity index (χ2v) is 5.47. The number of hydrogen-bond acceptors (Lipinski definition) is 5. The number of aliphatic hydroxyl groups excluding tert-OH is 1. The van der Waals surface area contributed by atoms with E-state index in [1.54, 1.807) is 13.4 Å². The molecular formula is C16H16N4O2. The highest BCUT2D eigenvalue weighted by Gasteiger charge is 2.32. The van der Waals surface area contributed by atoms with Gasteiger partial charge in [-0.2, -0.15) is 4.98 Å². The van der Waals surface area contributed by atoms with Crippen molar-refractivity contribution in [2.45, 2.75) is 18.4 Å². The van der Waals surface area contributed by atoms with E-state index in [0.717, 1.165) is 12.1 Å². The Morgan fingerprint density at radius 1 is 1.23 bits per heavy atom. The van der Waals surface area contributed by atoms with Crippen LogP contribution in [0.1, 0.15) is 29.5 Å². The standard InChI is InChI=1S/C16H16N4O2/c1-22-16-14-15(17-8-18-16)20(9-19-14)13-6-10(7-21)11-4-2-3-5-12(11)13/h2-5,8-10,13,21H,6-7H2,1H3/t10-,13-/m0/s1. The fourth-order valence-electron chi connectivity index (χ4n) is 3.35. The number of hydrogen-bond donors (Lipinski definition) is 1. The summed E-state index contributed by atoms with van der Waals surface area (Å²) >= 11 is 0. The zero-order valence-electron chi connectivity index (χ0n) is 12.2. The van der Waals surface area contributed by atoms with Crippen molar-refractivity contribution in [2.24, 2.45) is 0 Å². The highest BCUT2D eigenvalue weighted by Crippen LogP contribution is 2.43. The number of imidazole rings is 1. The SMILES string of the molecule is COc1ncnc2c1ncn2[C@H]1C[C@@H](CO)c2ccccc21. The van der Waals surface area contributed by atoms with Gasteiger partial charge in [0, 0.05) is 5.92 Å². The molecule has 112 valence electrons. The molecular weight excluding hydrogens is 280 g/mol. The van der Waals surface area contributed by atoms with E-state index in [1.165, 1.54) is 17.5 Å². The van der Waals surface area contributed by atoms with E-state index in [-0.39, 0.29) is 18.6 Å². The zero-order chi connectivity index (χ0) is 15.1. The van der Waals surface area contributed by atoms with Crippen molar-refractivity contribution in [2.75, 3.05) is 13.7 Å². The van der Waals surface area contributed by atoms with Crippen molar-refractivity contribution in [3.8, 4) is 5.88 Å². The molecule has 0 fully saturated rings. The summed E-state index contributed by atoms with van der Waals surface area (Å²) < 4.78 is 7.30. The van der Waals surface area contributed by atoms with Crippen LogP contribution in [0.2, 0.25) is 0 Å². The van der Waals surface area contributed by atoms with Crippen LogP contribution in [0.3, 0.4) is 0 Å². The molecule has 0 bridgehead atoms. The van der Waals surface area contributed by atoms with Crippen LogP contribution >= 0.6 is 0 Å². The first-order valence-corrected chi connectivity index (χ1v) is 7.24. The minimum atomic E-state index is 0.123. The van der Waals surface area contributed by atoms with Crippen molar-refractivity contribution in [1.29, 1.82) is 0 Å². The number of methoxy groups -OCH3 is 1. The predicted molar refractivity (Wildman–Crippen MR) is 80.9 cm³/mol. The van der Waals surface area contributed by atoms with Crippen LogP contribution in [-0.2, 0) is 0 Å². The number of benzene rings is 1. The molecule has 2 atom stereocenters. The Labute approximate surface area is 127 Å². The Bertz CT molecular complexity index is 830. The summed E-state index contributed by atoms with van der Waals surface area (Å²) in [5, 5.41) is 9.65. The van der Waals surface area contributed by atoms with Gasteiger partial charge in [0.1, 0.15) is 6.33 Å². The molecule has 2 aromatic heterocycles. The monoisotopic (exact) mass is 296 g/mol. The Morgan fingerprint density at radius 2 is 2.05 bits per heavy atom. The second-order valence-electron chi connectivity index (χ2n) is 5.47. The summed E-state index contributed by atoms with van der Waals surface area (Å²) in [6.07, 6.45) is 4.11. The maximum Gasteiger partial charge on any atom is 0.245 e. The predicted octanol–water partition coefficient (Wildman–Crippen LogP) is 1.90. The summed E-state index contributed by atoms with van der Waals surface area (Å²) in [4.78, 5) is 12.9. The average Bonchev–Trinajstić information content (AvgIpc) is 3.15. The molecule has 0 unspecified atom stereocenters. The Morgan fingerprint density at radius 3 is 2.82 bits per heavy atom. The lowest BCUT2D eigenvalue weighted by atomic mass is 10.0. The summed E-state index contributed by atoms with van der Waals surface area (Å²) in [6, 6.07) is 8.37. The fourth-order valence-corrected chi connectivity index (χ4v) is 3.35. The molecule has 22 heavy (non-hydrogen) atoms. The molecule has 6 heteroatoms. The van der Waals surface area contributed by atoms with Crippen LogP contribution in [0.5, 0.6) is 5.88 Å². The van der Waals surface area contributed by atoms with Crippen LogP contribution in [0.4, 0.5) is 0 Å². The Hall–Kier alpha value is -2.47. The van der Waals surface area contributed by atoms with Crippen molar-refractivity contribution in [1.82, 2.24) is 19.5 Å². The van der Waals surface area contributed by atoms with Crippen molar-refractivity contribution in [3.63, 3.8) is 0 Å². The van der Waals surface area contributed by atoms with E-state index in [0.29, 0.717) is 11.4 Å². The van der Waals surface area contributed by atoms with Gasteiger partial charge in [-0.3, -0.25) is 0 Å². The van der Waals surface area contributed by atoms with E-state index in [9.17, 15) is 5.11 Å². The van der Waals surface area contributed by atoms with Gasteiger partial charge in [-0.1, -0.05) is 24.3 Å². The van der Waals surface area contributed by atoms with E-state index < -0.39 is 0 Å². The maximum absolute atomic E-state index is 9.65. The lowest BCUT2D eigenvalue weighted by Gasteiger charge is -2.14. The van der Waals surface area contributed by atoms with Crippen LogP contribution in [0, 0.1) is 0 Å². The summed E-state index contributed by atoms with van der Waals surface area (Å²) in [6.45, 7) is 0.151. The number of aromatic nitrogens is 4. The van der Waals surface area contributed by atoms with Crippen molar-refractivity contribution < 1.29 is 9.84 Å². The van der Waals surface area contributed by atoms with Crippen LogP contribution < -0.4 is 4.74 Å². The van der Waals surface area contributed by atoms with Gasteiger partial charge >= 0.3 is 0 Å². The van der Waals surface area contributed by atoms with Gasteiger partial charge in [-0.05, 0) is 17.5 Å². The van der Waals surface area contributed by atoms with Gasteiger partial charge < -0.3 is 14.4 Å². The molecule has 1 N–H and O–H groups in total. The molecule has 0 aliphatic heterocycles. The van der Waals surface area contributed by atoms with E-state index in [2.05, 4.69) is 27.1 Å². The number of ether oxygens (including phenoxy) is 1. The lowest BCUT2D eigenvalue weighted by Crippen LogP contribution is -2.08. The fraction of sp³-hybridized carbons (Fsp3) is 0.312. The smallest absolute Gasteiger partial charge is 0.245 e. The number of fused-ring (bicyclic) bond motifs is 2. The molecule has 6 nitrogen and oxygen atoms in total. The molecule has 3 aromatic rings. The third-order valence-electron chi connectivity index (χ3n) is 4.38. The van der Waals surface area contributed by atoms with Gasteiger partial charge in [-0.25, -0.2) is 9.97 Å². The average molecular weight is 296 g/mol. The topological polar surface area (TPSA) is 73.1 Å². The quantitative estimate of drug-likeness (QED) is 0.799. The molecule has 1 aliphatic carbocycles. The molecule has 0 amide bonds. The molecule has 4 rings (SSSR count). The maximum atomic E-state index is 9.65. The van der Waals surface area contributed by atoms with Crippen LogP contribution in [-0.4, -0.2) is 38.3 Å². The van der Waals surface area contributed by atoms with Crippen molar-refractivity contribution >= 4 is 11.2 Å². The number of aliphatic hydroxyl groups is 1. The third kappa shape index (κ3) is 1.80. The molecule has 0 radical (unpaired) electrons. The highest BCUT2D eigenvalue weighted by atomic mass is 16.5. The summed E-state index contributed by atoms with van der Waals surface area (Å²) in [5.74, 6) is 0.635. The van der Waals surface area contributed by atoms with E-state index >= 15 is 0 Å². The van der Waals surface area contributed by atoms with Gasteiger partial charge in [-0.15, -0.1) is 0 Å². The third-order valence-corrected chi connectivity index (χ3v) is 4.38. The first-order valence-electron chi connectivity index (χ1n) is 7.24. The van der Waals surface area contributed by atoms with Crippen LogP contribution in [0.15, 0.2) is 36.9 Å². The first kappa shape index (κ1) is 13.2. The van der Waals surface area contributed by atoms with Gasteiger partial charge in [0.15, 0.2) is 11.2 Å². The van der Waals surface area contributed by atoms with Gasteiger partial charge in [0.2, 0.25) is 5.88 Å². The highest BCUT2D eigenvalue weighted by molar-refractivity contribution is 5.76. The number of rotatable bonds is 3. The molecule has 0 saturated heterocycles. The Kier molecular flexibility index (Phi) is 3.04. The largest absolute Gasteiger partial charge is 0.479 e. The minimum absolute atomic E-state index is 0.123. The second kappa shape index (κ2) is 5.06. The summed E-state index contributed by atoms with van der Waals surface area (Å²) in [5.41, 5.74) is 3.84. The molecule has 0 saturated carbocycles. The van der Waals surface area contributed by atoms with Crippen LogP contribution in [0.25, 0.3) is 11.2 Å². The van der Waals surface area contributed by atoms with Crippen molar-refractivity contribution in [3.05, 3.63) is 48.0 Å². The zero-order valence-corrected chi connectivity index (χ0v) is 12.2. The van der Waals surface area contributed by atoms with Gasteiger partial charge in [0.05, 0.1) is 26.1 Å². The molecule has 1 aromatic carbocycles. The van der Waals surface area contributed by atoms with Gasteiger partial charge in [0.25, 0.3) is 0 Å². The first-order chi connectivity index (χ1) is 10.8. The molecule has 2 heterocycles. The molecule has 1 aliphatic rings. The lowest BCUT2D eigenvalue weighted by molar-refractivity contribution is 0.259. The normalized spacial score (nSPS) is 20.3. The summed E-state index contributed by atoms with van der Waals surface area (Å²) in [7, 11) is 1.58. The minimum Gasteiger partial charge on any atom is -0.479 e. The van der Waals surface area contributed by atoms with E-state index in [1.807, 2.05) is 16.7 Å².